The number of amides is 9. The number of aliphatic hydroxyl groups excluding tert-OH is 5. The molecule has 9 amide bonds. The summed E-state index contributed by atoms with van der Waals surface area (Å²) in [5.74, 6) is -1.87. The number of nitrogens with zero attached hydrogens (tertiary/aromatic N) is 2. The Kier molecular flexibility index (Phi) is 39.0. The van der Waals surface area contributed by atoms with E-state index in [1.54, 1.807) is 37.8 Å². The second-order valence-electron chi connectivity index (χ2n) is 37.8. The largest absolute Gasteiger partial charge is 0.445 e. The third-order valence-corrected chi connectivity index (χ3v) is 28.3. The maximum atomic E-state index is 18.1. The molecular formula is C98H139F2N15O25. The van der Waals surface area contributed by atoms with Gasteiger partial charge in [0.05, 0.1) is 119 Å². The SMILES string of the molecule is CCCC1O[C@@H]2C[C@H]3[C@@H]4C[C@H](F)C5=CC(=O)C=C[C@]5(C)[C@@]4(F)[C@@H](O)C[C@]3(C)[C@]2(C(=O)CNC(=O)OCc2ccc(NC(=O)[C@H](CCCNC(N)=O)CC(=O)[C@@H](NC(=O)[C@@H](CCCCNC(=O)COC3CCCCCC4=C3NNN4[C@@H]3O[C@H](CO)[C@H](O)[C@H](O)[C@H]3O)NC(=O)CCOCCOCCOCCOCCNC(=O)CCC(=O)N3Cc4ccccc4/C(NC)=C(/NN)c4ccccc43)C(C)C)cc2)O1. The first-order valence-corrected chi connectivity index (χ1v) is 48.7. The smallest absolute Gasteiger partial charge is 0.407 e. The van der Waals surface area contributed by atoms with E-state index in [1.807, 2.05) is 62.5 Å². The second kappa shape index (κ2) is 50.4. The lowest BCUT2D eigenvalue weighted by Gasteiger charge is -2.63. The quantitative estimate of drug-likeness (QED) is 0.0218. The van der Waals surface area contributed by atoms with E-state index in [0.717, 1.165) is 47.7 Å². The Morgan fingerprint density at radius 3 is 2.13 bits per heavy atom. The summed E-state index contributed by atoms with van der Waals surface area (Å²) in [6, 6.07) is 18.1. The van der Waals surface area contributed by atoms with Crippen molar-refractivity contribution in [1.82, 2.24) is 58.6 Å². The number of benzene rings is 3. The molecule has 770 valence electrons. The summed E-state index contributed by atoms with van der Waals surface area (Å²) in [5, 5.41) is 77.9. The van der Waals surface area contributed by atoms with E-state index >= 15 is 8.78 Å². The molecule has 0 spiro atoms. The second-order valence-corrected chi connectivity index (χ2v) is 37.8. The minimum Gasteiger partial charge on any atom is -0.445 e. The molecular weight excluding hydrogens is 1830 g/mol. The molecule has 4 heterocycles. The van der Waals surface area contributed by atoms with Crippen LogP contribution in [0.25, 0.3) is 11.4 Å². The lowest BCUT2D eigenvalue weighted by atomic mass is 9.44. The van der Waals surface area contributed by atoms with Gasteiger partial charge in [0, 0.05) is 91.8 Å². The molecule has 5 fully saturated rings. The first kappa shape index (κ1) is 108. The highest BCUT2D eigenvalue weighted by Gasteiger charge is 2.80. The van der Waals surface area contributed by atoms with Crippen LogP contribution < -0.4 is 75.4 Å². The third-order valence-electron chi connectivity index (χ3n) is 28.3. The molecule has 3 aromatic rings. The average Bonchev–Trinajstić information content (AvgIpc) is 1.47. The van der Waals surface area contributed by atoms with Gasteiger partial charge in [0.25, 0.3) is 0 Å². The molecule has 42 heteroatoms. The minimum atomic E-state index is -2.42. The Bertz CT molecular complexity index is 4960. The lowest BCUT2D eigenvalue weighted by Crippen LogP contribution is -2.71. The van der Waals surface area contributed by atoms with E-state index in [9.17, 15) is 78.3 Å². The van der Waals surface area contributed by atoms with Gasteiger partial charge in [-0.05, 0) is 143 Å². The Morgan fingerprint density at radius 1 is 0.721 bits per heavy atom. The first-order valence-electron chi connectivity index (χ1n) is 48.7. The number of nitrogens with one attached hydrogen (secondary N) is 11. The maximum Gasteiger partial charge on any atom is 0.407 e. The molecule has 0 bridgehead atoms. The highest BCUT2D eigenvalue weighted by molar-refractivity contribution is 6.03. The average molecular weight is 1970 g/mol. The van der Waals surface area contributed by atoms with Crippen LogP contribution in [-0.2, 0) is 98.9 Å². The van der Waals surface area contributed by atoms with E-state index in [0.29, 0.717) is 60.4 Å². The summed E-state index contributed by atoms with van der Waals surface area (Å²) in [6.07, 6.45) is -6.25. The van der Waals surface area contributed by atoms with Crippen LogP contribution in [0.5, 0.6) is 0 Å². The number of carbonyl (C=O) groups excluding carboxylic acids is 11. The topological polar surface area (TPSA) is 563 Å². The van der Waals surface area contributed by atoms with Crippen molar-refractivity contribution < 1.29 is 130 Å². The molecule has 0 radical (unpaired) electrons. The van der Waals surface area contributed by atoms with Crippen LogP contribution in [0, 0.1) is 34.5 Å². The molecule has 40 nitrogen and oxygen atoms in total. The van der Waals surface area contributed by atoms with E-state index in [-0.39, 0.29) is 180 Å². The molecule has 5 aliphatic carbocycles. The van der Waals surface area contributed by atoms with E-state index < -0.39 is 192 Å². The van der Waals surface area contributed by atoms with Gasteiger partial charge in [0.2, 0.25) is 35.4 Å². The monoisotopic (exact) mass is 1960 g/mol. The number of aliphatic hydroxyl groups is 5. The number of fused-ring (bicyclic) bond motifs is 9. The lowest BCUT2D eigenvalue weighted by molar-refractivity contribution is -0.266. The van der Waals surface area contributed by atoms with Crippen molar-refractivity contribution in [2.75, 3.05) is 110 Å². The normalized spacial score (nSPS) is 27.8. The number of hydrogen-bond acceptors (Lipinski definition) is 31. The zero-order valence-electron chi connectivity index (χ0n) is 80.4. The van der Waals surface area contributed by atoms with E-state index in [1.165, 1.54) is 36.2 Å². The van der Waals surface area contributed by atoms with Gasteiger partial charge in [-0.3, -0.25) is 54.0 Å². The molecule has 0 aromatic heterocycles. The van der Waals surface area contributed by atoms with Crippen LogP contribution in [0.4, 0.5) is 29.7 Å². The van der Waals surface area contributed by atoms with Crippen LogP contribution in [0.15, 0.2) is 108 Å². The molecule has 3 saturated carbocycles. The van der Waals surface area contributed by atoms with Gasteiger partial charge in [-0.15, -0.1) is 5.53 Å². The van der Waals surface area contributed by atoms with Crippen LogP contribution in [0.1, 0.15) is 179 Å². The van der Waals surface area contributed by atoms with Gasteiger partial charge in [0.1, 0.15) is 55.9 Å². The fourth-order valence-corrected chi connectivity index (χ4v) is 21.0. The maximum absolute atomic E-state index is 18.1. The van der Waals surface area contributed by atoms with Crippen LogP contribution in [0.3, 0.4) is 0 Å². The number of carbonyl (C=O) groups is 11. The summed E-state index contributed by atoms with van der Waals surface area (Å²) in [7, 11) is 1.81. The standard InChI is InChI=1S/C98H139F2N15O25/c1-7-18-82-139-77-50-65-66-49-68(99)67-48-62(117)33-35-95(67,4)97(66,100)75(119)51-96(65,5)98(77,140-82)76(120)52-107-94(131)137-55-58-27-29-61(30-28-58)108-90(128)59(20-17-37-106-93(101)130)47-72(118)83(57(2)3)110-91(129)69(23-15-16-36-104-80(123)56-136-73-26-10-8-9-25-71-86(73)112-113-115(71)92-89(127)88(126)87(125)74(54-116)138-92)109-79(122)34-39-132-41-43-134-45-46-135-44-42-133-40-38-105-78(121)31-32-81(124)114-53-60-19-11-12-21-63(60)84(103-6)85(111-102)64-22-13-14-24-70(64)114/h11-14,19,21-22,24,27-30,33,35,48,57,59,65-66,68-69,73-75,77,82-83,87-89,92,103,111-113,116,119,125-127H,7-10,15-18,20,23,25-26,31-32,34,36-47,49-56,102H2,1-6H3,(H,104,123)(H,105,121)(H,107,131)(H,108,128)(H,109,122)(H,110,129)(H3,101,106,130)/b85-84-/t59-,65+,66+,68+,69-,73?,74-,75+,77-,82?,83+,87+,88+,89-,92-,95+,96+,97+,98-/m1/s1. The van der Waals surface area contributed by atoms with Crippen molar-refractivity contribution in [1.29, 1.82) is 0 Å². The van der Waals surface area contributed by atoms with Crippen LogP contribution in [-0.4, -0.2) is 280 Å². The molecule has 9 aliphatic rings. The number of rotatable bonds is 50. The fourth-order valence-electron chi connectivity index (χ4n) is 21.0. The molecule has 3 aromatic carbocycles. The number of alkyl carbamates (subject to hydrolysis) is 1. The molecule has 2 unspecified atom stereocenters. The van der Waals surface area contributed by atoms with Gasteiger partial charge in [-0.2, -0.15) is 0 Å². The van der Waals surface area contributed by atoms with Gasteiger partial charge < -0.3 is 132 Å². The molecule has 12 rings (SSSR count). The summed E-state index contributed by atoms with van der Waals surface area (Å²) >= 11 is 0. The van der Waals surface area contributed by atoms with Crippen molar-refractivity contribution in [3.63, 3.8) is 0 Å². The number of urea groups is 1. The number of ether oxygens (including phenoxy) is 9. The number of anilines is 2. The third kappa shape index (κ3) is 25.5. The number of halogens is 2. The zero-order valence-corrected chi connectivity index (χ0v) is 80.4. The Balaban J connectivity index is 0.599. The number of nitrogens with two attached hydrogens (primary N) is 2. The molecule has 20 N–H and O–H groups in total. The Hall–Kier alpha value is -10.6. The number of hydrogen-bond donors (Lipinski definition) is 18. The van der Waals surface area contributed by atoms with Gasteiger partial charge in [-0.1, -0.05) is 108 Å². The summed E-state index contributed by atoms with van der Waals surface area (Å²) in [5.41, 5.74) is 13.5. The highest BCUT2D eigenvalue weighted by Crippen LogP contribution is 2.72. The van der Waals surface area contributed by atoms with Gasteiger partial charge in [0.15, 0.2) is 41.1 Å². The summed E-state index contributed by atoms with van der Waals surface area (Å²) < 4.78 is 87.7. The predicted octanol–water partition coefficient (Wildman–Crippen LogP) is 3.66. The van der Waals surface area contributed by atoms with E-state index in [4.69, 9.17) is 54.2 Å². The number of allylic oxidation sites excluding steroid dienone is 5. The van der Waals surface area contributed by atoms with Crippen molar-refractivity contribution in [3.8, 4) is 0 Å². The first-order chi connectivity index (χ1) is 67.2. The number of hydrazine groups is 3. The van der Waals surface area contributed by atoms with Crippen molar-refractivity contribution in [3.05, 3.63) is 130 Å². The summed E-state index contributed by atoms with van der Waals surface area (Å²) in [4.78, 5) is 152. The van der Waals surface area contributed by atoms with Crippen molar-refractivity contribution >= 4 is 87.7 Å². The van der Waals surface area contributed by atoms with Crippen molar-refractivity contribution in [2.45, 2.75) is 255 Å². The number of ketones is 3. The van der Waals surface area contributed by atoms with Gasteiger partial charge >= 0.3 is 12.1 Å². The van der Waals surface area contributed by atoms with Crippen LogP contribution in [0.2, 0.25) is 0 Å². The number of para-hydroxylation sites is 1. The molecule has 2 saturated heterocycles. The fraction of sp³-hybridized carbons (Fsp3) is 0.622. The number of alkyl halides is 2. The number of primary amides is 1. The van der Waals surface area contributed by atoms with Crippen molar-refractivity contribution in [2.24, 2.45) is 46.1 Å². The minimum absolute atomic E-state index is 0.0366. The Labute approximate surface area is 812 Å². The van der Waals surface area contributed by atoms with E-state index in [2.05, 4.69) is 58.9 Å². The predicted molar refractivity (Wildman–Crippen MR) is 504 cm³/mol. The molecule has 4 aliphatic heterocycles. The molecule has 19 atom stereocenters. The summed E-state index contributed by atoms with van der Waals surface area (Å²) in [6.45, 7) is 8.60. The van der Waals surface area contributed by atoms with Crippen LogP contribution >= 0.6 is 0 Å². The number of unbranched alkanes of at least 4 members (excludes halogenated alkanes) is 1. The number of Topliss-reactive ketones (excluding diaryl/α,β-unsaturated/α-hetero) is 2. The molecule has 140 heavy (non-hydrogen) atoms. The Morgan fingerprint density at radius 2 is 1.42 bits per heavy atom. The van der Waals surface area contributed by atoms with Gasteiger partial charge in [-0.25, -0.2) is 18.4 Å². The highest BCUT2D eigenvalue weighted by atomic mass is 19.1. The zero-order chi connectivity index (χ0) is 101.